The zero-order valence-corrected chi connectivity index (χ0v) is 15.0. The van der Waals surface area contributed by atoms with Gasteiger partial charge in [-0.25, -0.2) is 0 Å². The molecule has 0 aliphatic carbocycles. The molecule has 2 saturated heterocycles. The lowest BCUT2D eigenvalue weighted by molar-refractivity contribution is -0.149. The summed E-state index contributed by atoms with van der Waals surface area (Å²) >= 11 is 1.31. The van der Waals surface area contributed by atoms with Crippen molar-refractivity contribution in [2.45, 2.75) is 42.2 Å². The zero-order chi connectivity index (χ0) is 17.7. The molecule has 0 bridgehead atoms. The maximum atomic E-state index is 12.3. The molecule has 2 fully saturated rings. The van der Waals surface area contributed by atoms with Crippen LogP contribution in [0.2, 0.25) is 0 Å². The van der Waals surface area contributed by atoms with Gasteiger partial charge in [-0.2, -0.15) is 0 Å². The summed E-state index contributed by atoms with van der Waals surface area (Å²) in [5, 5.41) is 2.25. The minimum atomic E-state index is -4.46. The Hall–Kier alpha value is -1.34. The van der Waals surface area contributed by atoms with Crippen LogP contribution in [0, 0.1) is 0 Å². The number of thioether (sulfide) groups is 1. The summed E-state index contributed by atoms with van der Waals surface area (Å²) in [5.41, 5.74) is 0.839. The van der Waals surface area contributed by atoms with E-state index in [0.29, 0.717) is 0 Å². The van der Waals surface area contributed by atoms with Gasteiger partial charge in [0, 0.05) is 4.75 Å². The van der Waals surface area contributed by atoms with Crippen molar-refractivity contribution in [2.75, 3.05) is 0 Å². The Labute approximate surface area is 144 Å². The Bertz CT molecular complexity index is 720. The molecule has 24 heavy (non-hydrogen) atoms. The molecule has 1 aromatic rings. The monoisotopic (exact) mass is 370 g/mol. The lowest BCUT2D eigenvalue weighted by Gasteiger charge is -2.44. The third-order valence-electron chi connectivity index (χ3n) is 4.23. The van der Waals surface area contributed by atoms with E-state index >= 15 is 0 Å². The Kier molecular flexibility index (Phi) is 4.28. The Balaban J connectivity index is 1.69. The number of fused-ring (bicyclic) bond motifs is 1. The number of rotatable bonds is 4. The van der Waals surface area contributed by atoms with Gasteiger partial charge in [-0.1, -0.05) is 30.3 Å². The highest BCUT2D eigenvalue weighted by molar-refractivity contribution is 8.02. The van der Waals surface area contributed by atoms with Crippen LogP contribution < -0.4 is 5.32 Å². The van der Waals surface area contributed by atoms with Crippen LogP contribution in [0.4, 0.5) is 0 Å². The average molecular weight is 370 g/mol. The van der Waals surface area contributed by atoms with E-state index in [1.807, 2.05) is 30.3 Å². The highest BCUT2D eigenvalue weighted by Gasteiger charge is 2.66. The summed E-state index contributed by atoms with van der Waals surface area (Å²) in [6, 6.07) is 8.44. The molecule has 1 aromatic carbocycles. The van der Waals surface area contributed by atoms with Crippen molar-refractivity contribution < 1.29 is 23.9 Å². The van der Waals surface area contributed by atoms with E-state index < -0.39 is 35.4 Å². The lowest BCUT2D eigenvalue weighted by atomic mass is 10.0. The van der Waals surface area contributed by atoms with Crippen molar-refractivity contribution in [3.05, 3.63) is 35.9 Å². The molecule has 2 aliphatic heterocycles. The number of β-lactam (4-membered cyclic amide) rings is 1. The number of carbonyl (C=O) groups excluding carboxylic acids is 2. The first-order valence-electron chi connectivity index (χ1n) is 7.50. The van der Waals surface area contributed by atoms with Crippen LogP contribution >= 0.6 is 19.4 Å². The van der Waals surface area contributed by atoms with Crippen molar-refractivity contribution in [2.24, 2.45) is 0 Å². The molecule has 2 amide bonds. The fourth-order valence-electron chi connectivity index (χ4n) is 3.28. The van der Waals surface area contributed by atoms with E-state index in [2.05, 4.69) is 5.32 Å². The molecule has 130 valence electrons. The highest BCUT2D eigenvalue weighted by atomic mass is 32.2. The number of hydrogen-bond acceptors (Lipinski definition) is 4. The fraction of sp³-hybridized carbons (Fsp3) is 0.467. The first-order valence-corrected chi connectivity index (χ1v) is 10.1. The predicted octanol–water partition coefficient (Wildman–Crippen LogP) is 0.911. The molecule has 0 saturated carbocycles. The maximum Gasteiger partial charge on any atom is 0.349 e. The summed E-state index contributed by atoms with van der Waals surface area (Å²) in [5.74, 6) is -1.88. The molecule has 3 atom stereocenters. The Morgan fingerprint density at radius 3 is 2.54 bits per heavy atom. The second-order valence-corrected chi connectivity index (χ2v) is 9.97. The van der Waals surface area contributed by atoms with E-state index in [-0.39, 0.29) is 12.3 Å². The molecule has 0 spiro atoms. The predicted molar refractivity (Wildman–Crippen MR) is 90.2 cm³/mol. The maximum absolute atomic E-state index is 12.3. The number of benzene rings is 1. The molecule has 2 aliphatic rings. The number of nitrogens with one attached hydrogen (secondary N) is 1. The molecule has 9 heteroatoms. The normalized spacial score (nSPS) is 28.2. The highest BCUT2D eigenvalue weighted by Crippen LogP contribution is 2.62. The van der Waals surface area contributed by atoms with Gasteiger partial charge in [-0.15, -0.1) is 11.8 Å². The van der Waals surface area contributed by atoms with Gasteiger partial charge in [0.25, 0.3) is 0 Å². The molecule has 3 rings (SSSR count). The second kappa shape index (κ2) is 5.88. The van der Waals surface area contributed by atoms with Gasteiger partial charge >= 0.3 is 7.60 Å². The van der Waals surface area contributed by atoms with Crippen LogP contribution in [0.1, 0.15) is 19.4 Å². The quantitative estimate of drug-likeness (QED) is 0.537. The van der Waals surface area contributed by atoms with Gasteiger partial charge in [-0.3, -0.25) is 14.2 Å². The van der Waals surface area contributed by atoms with Crippen molar-refractivity contribution >= 4 is 31.2 Å². The second-order valence-electron chi connectivity index (χ2n) is 6.53. The molecule has 0 aromatic heterocycles. The summed E-state index contributed by atoms with van der Waals surface area (Å²) in [6.07, 6.45) is 0.160. The van der Waals surface area contributed by atoms with E-state index in [4.69, 9.17) is 0 Å². The third kappa shape index (κ3) is 2.99. The number of nitrogens with zero attached hydrogens (tertiary/aromatic N) is 1. The molecule has 2 unspecified atom stereocenters. The topological polar surface area (TPSA) is 107 Å². The smallest absolute Gasteiger partial charge is 0.341 e. The van der Waals surface area contributed by atoms with E-state index in [0.717, 1.165) is 5.56 Å². The van der Waals surface area contributed by atoms with Gasteiger partial charge in [0.15, 0.2) is 0 Å². The van der Waals surface area contributed by atoms with Crippen molar-refractivity contribution in [1.82, 2.24) is 10.2 Å². The summed E-state index contributed by atoms with van der Waals surface area (Å²) in [7, 11) is -4.46. The molecule has 3 N–H and O–H groups in total. The number of hydrogen-bond donors (Lipinski definition) is 3. The summed E-state index contributed by atoms with van der Waals surface area (Å²) in [4.78, 5) is 44.8. The van der Waals surface area contributed by atoms with Crippen LogP contribution in [0.5, 0.6) is 0 Å². The van der Waals surface area contributed by atoms with Gasteiger partial charge in [0.2, 0.25) is 11.8 Å². The van der Waals surface area contributed by atoms with Crippen LogP contribution in [0.15, 0.2) is 30.3 Å². The van der Waals surface area contributed by atoms with Gasteiger partial charge < -0.3 is 20.0 Å². The average Bonchev–Trinajstić information content (AvgIpc) is 2.74. The fourth-order valence-corrected chi connectivity index (χ4v) is 6.88. The van der Waals surface area contributed by atoms with E-state index in [1.54, 1.807) is 13.8 Å². The summed E-state index contributed by atoms with van der Waals surface area (Å²) in [6.45, 7) is 3.41. The zero-order valence-electron chi connectivity index (χ0n) is 13.2. The molecule has 7 nitrogen and oxygen atoms in total. The van der Waals surface area contributed by atoms with E-state index in [1.165, 1.54) is 16.7 Å². The van der Waals surface area contributed by atoms with Crippen LogP contribution in [0.25, 0.3) is 0 Å². The minimum absolute atomic E-state index is 0.160. The standard InChI is InChI=1S/C15H19N2O5PS/c1-15(2)14(23(20,21)22)17-12(19)11(13(17)24-15)16-10(18)8-9-6-4-3-5-7-9/h3-7,11,13-14H,8H2,1-2H3,(H,16,18)(H2,20,21,22)/t11?,13-,14?/m0/s1. The van der Waals surface area contributed by atoms with Crippen molar-refractivity contribution in [3.8, 4) is 0 Å². The number of carbonyl (C=O) groups is 2. The molecular formula is C15H19N2O5PS. The largest absolute Gasteiger partial charge is 0.349 e. The minimum Gasteiger partial charge on any atom is -0.341 e. The van der Waals surface area contributed by atoms with Gasteiger partial charge in [0.1, 0.15) is 17.2 Å². The molecular weight excluding hydrogens is 351 g/mol. The van der Waals surface area contributed by atoms with Crippen LogP contribution in [0.3, 0.4) is 0 Å². The first-order chi connectivity index (χ1) is 11.1. The van der Waals surface area contributed by atoms with Gasteiger partial charge in [0.05, 0.1) is 6.42 Å². The number of amides is 2. The van der Waals surface area contributed by atoms with Crippen molar-refractivity contribution in [1.29, 1.82) is 0 Å². The van der Waals surface area contributed by atoms with Crippen molar-refractivity contribution in [3.63, 3.8) is 0 Å². The van der Waals surface area contributed by atoms with Gasteiger partial charge in [-0.05, 0) is 19.4 Å². The van der Waals surface area contributed by atoms with Crippen LogP contribution in [-0.4, -0.2) is 48.4 Å². The Morgan fingerprint density at radius 1 is 1.33 bits per heavy atom. The van der Waals surface area contributed by atoms with E-state index in [9.17, 15) is 23.9 Å². The van der Waals surface area contributed by atoms with Crippen LogP contribution in [-0.2, 0) is 20.6 Å². The SMILES string of the molecule is CC1(C)S[C@H]2C(NC(=O)Cc3ccccc3)C(=O)N2C1P(=O)(O)O. The third-order valence-corrected chi connectivity index (χ3v) is 7.51. The summed E-state index contributed by atoms with van der Waals surface area (Å²) < 4.78 is 11.0. The Morgan fingerprint density at radius 2 is 1.96 bits per heavy atom. The molecule has 2 heterocycles. The first kappa shape index (κ1) is 17.5. The molecule has 0 radical (unpaired) electrons. The lowest BCUT2D eigenvalue weighted by Crippen LogP contribution is -2.69.